The first-order valence-corrected chi connectivity index (χ1v) is 7.63. The van der Waals surface area contributed by atoms with Crippen LogP contribution in [-0.4, -0.2) is 33.3 Å². The van der Waals surface area contributed by atoms with E-state index in [4.69, 9.17) is 5.11 Å². The summed E-state index contributed by atoms with van der Waals surface area (Å²) < 4.78 is 0. The second-order valence-electron chi connectivity index (χ2n) is 5.90. The normalized spacial score (nSPS) is 25.7. The standard InChI is InChI=1S/C16H24N2O3/c1-2-12-4-3-9-18-14(12)10-17-11-16(21)7-5-13(6-8-16)15(19)20/h3-4,9,13,17,21H,2,5-8,10-11H2,1H3,(H,19,20). The minimum Gasteiger partial charge on any atom is -0.481 e. The quantitative estimate of drug-likeness (QED) is 0.744. The SMILES string of the molecule is CCc1cccnc1CNCC1(O)CCC(C(=O)O)CC1. The maximum absolute atomic E-state index is 10.9. The number of pyridine rings is 1. The number of hydrogen-bond acceptors (Lipinski definition) is 4. The third-order valence-corrected chi connectivity index (χ3v) is 4.38. The van der Waals surface area contributed by atoms with Gasteiger partial charge in [0.05, 0.1) is 17.2 Å². The van der Waals surface area contributed by atoms with Crippen LogP contribution in [0.3, 0.4) is 0 Å². The highest BCUT2D eigenvalue weighted by molar-refractivity contribution is 5.70. The fourth-order valence-corrected chi connectivity index (χ4v) is 2.94. The van der Waals surface area contributed by atoms with Crippen molar-refractivity contribution >= 4 is 5.97 Å². The molecule has 1 aromatic rings. The molecule has 0 unspecified atom stereocenters. The number of carbonyl (C=O) groups is 1. The number of aliphatic hydroxyl groups is 1. The van der Waals surface area contributed by atoms with Gasteiger partial charge < -0.3 is 15.5 Å². The van der Waals surface area contributed by atoms with E-state index in [1.54, 1.807) is 6.20 Å². The van der Waals surface area contributed by atoms with Gasteiger partial charge in [0.1, 0.15) is 0 Å². The Morgan fingerprint density at radius 2 is 2.19 bits per heavy atom. The van der Waals surface area contributed by atoms with Crippen LogP contribution in [0.2, 0.25) is 0 Å². The highest BCUT2D eigenvalue weighted by atomic mass is 16.4. The summed E-state index contributed by atoms with van der Waals surface area (Å²) in [6, 6.07) is 4.00. The molecular weight excluding hydrogens is 268 g/mol. The van der Waals surface area contributed by atoms with Crippen molar-refractivity contribution in [1.82, 2.24) is 10.3 Å². The van der Waals surface area contributed by atoms with Crippen LogP contribution in [0, 0.1) is 5.92 Å². The summed E-state index contributed by atoms with van der Waals surface area (Å²) in [7, 11) is 0. The largest absolute Gasteiger partial charge is 0.481 e. The van der Waals surface area contributed by atoms with E-state index in [0.29, 0.717) is 38.8 Å². The van der Waals surface area contributed by atoms with Crippen molar-refractivity contribution in [3.63, 3.8) is 0 Å². The summed E-state index contributed by atoms with van der Waals surface area (Å²) in [6.07, 6.45) is 4.91. The Balaban J connectivity index is 1.82. The molecule has 0 saturated heterocycles. The number of rotatable bonds is 6. The van der Waals surface area contributed by atoms with E-state index in [1.807, 2.05) is 6.07 Å². The monoisotopic (exact) mass is 292 g/mol. The first kappa shape index (κ1) is 15.9. The third kappa shape index (κ3) is 4.25. The zero-order chi connectivity index (χ0) is 15.3. The molecule has 116 valence electrons. The van der Waals surface area contributed by atoms with Crippen LogP contribution in [-0.2, 0) is 17.8 Å². The van der Waals surface area contributed by atoms with Crippen molar-refractivity contribution in [3.05, 3.63) is 29.6 Å². The van der Waals surface area contributed by atoms with Crippen molar-refractivity contribution in [2.75, 3.05) is 6.54 Å². The molecule has 1 fully saturated rings. The highest BCUT2D eigenvalue weighted by Gasteiger charge is 2.35. The van der Waals surface area contributed by atoms with Gasteiger partial charge in [-0.1, -0.05) is 13.0 Å². The molecule has 1 aromatic heterocycles. The van der Waals surface area contributed by atoms with Gasteiger partial charge in [-0.2, -0.15) is 0 Å². The smallest absolute Gasteiger partial charge is 0.306 e. The van der Waals surface area contributed by atoms with Crippen LogP contribution in [0.1, 0.15) is 43.9 Å². The lowest BCUT2D eigenvalue weighted by Crippen LogP contribution is -2.44. The second-order valence-corrected chi connectivity index (χ2v) is 5.90. The Kier molecular flexibility index (Phi) is 5.31. The average Bonchev–Trinajstić information content (AvgIpc) is 2.48. The summed E-state index contributed by atoms with van der Waals surface area (Å²) in [4.78, 5) is 15.3. The first-order chi connectivity index (χ1) is 10.0. The predicted molar refractivity (Wildman–Crippen MR) is 79.9 cm³/mol. The zero-order valence-electron chi connectivity index (χ0n) is 12.5. The van der Waals surface area contributed by atoms with E-state index in [9.17, 15) is 9.90 Å². The Labute approximate surface area is 125 Å². The molecule has 2 rings (SSSR count). The molecule has 0 bridgehead atoms. The summed E-state index contributed by atoms with van der Waals surface area (Å²) in [5.74, 6) is -1.04. The molecule has 1 saturated carbocycles. The van der Waals surface area contributed by atoms with Crippen molar-refractivity contribution < 1.29 is 15.0 Å². The Bertz CT molecular complexity index is 482. The molecular formula is C16H24N2O3. The molecule has 0 spiro atoms. The number of aromatic nitrogens is 1. The first-order valence-electron chi connectivity index (χ1n) is 7.63. The minimum absolute atomic E-state index is 0.298. The fourth-order valence-electron chi connectivity index (χ4n) is 2.94. The van der Waals surface area contributed by atoms with Crippen LogP contribution >= 0.6 is 0 Å². The number of nitrogens with one attached hydrogen (secondary N) is 1. The van der Waals surface area contributed by atoms with Gasteiger partial charge in [-0.05, 0) is 43.7 Å². The predicted octanol–water partition coefficient (Wildman–Crippen LogP) is 1.74. The Hall–Kier alpha value is -1.46. The van der Waals surface area contributed by atoms with E-state index in [2.05, 4.69) is 23.3 Å². The molecule has 0 amide bonds. The van der Waals surface area contributed by atoms with Crippen LogP contribution in [0.25, 0.3) is 0 Å². The molecule has 5 heteroatoms. The van der Waals surface area contributed by atoms with Gasteiger partial charge in [0.15, 0.2) is 0 Å². The van der Waals surface area contributed by atoms with Gasteiger partial charge in [-0.15, -0.1) is 0 Å². The number of carboxylic acid groups (broad SMARTS) is 1. The lowest BCUT2D eigenvalue weighted by molar-refractivity contribution is -0.144. The van der Waals surface area contributed by atoms with E-state index in [-0.39, 0.29) is 5.92 Å². The Morgan fingerprint density at radius 3 is 2.81 bits per heavy atom. The molecule has 0 radical (unpaired) electrons. The van der Waals surface area contributed by atoms with Crippen molar-refractivity contribution in [1.29, 1.82) is 0 Å². The second kappa shape index (κ2) is 7.00. The summed E-state index contributed by atoms with van der Waals surface area (Å²) in [6.45, 7) is 3.22. The maximum atomic E-state index is 10.9. The lowest BCUT2D eigenvalue weighted by atomic mass is 9.79. The van der Waals surface area contributed by atoms with Crippen molar-refractivity contribution in [3.8, 4) is 0 Å². The molecule has 5 nitrogen and oxygen atoms in total. The highest BCUT2D eigenvalue weighted by Crippen LogP contribution is 2.31. The fraction of sp³-hybridized carbons (Fsp3) is 0.625. The van der Waals surface area contributed by atoms with Gasteiger partial charge in [-0.3, -0.25) is 9.78 Å². The van der Waals surface area contributed by atoms with Crippen molar-refractivity contribution in [2.45, 2.75) is 51.2 Å². The summed E-state index contributed by atoms with van der Waals surface area (Å²) >= 11 is 0. The number of aliphatic carboxylic acids is 1. The number of carboxylic acids is 1. The molecule has 21 heavy (non-hydrogen) atoms. The van der Waals surface area contributed by atoms with Gasteiger partial charge in [0, 0.05) is 19.3 Å². The van der Waals surface area contributed by atoms with E-state index in [1.165, 1.54) is 5.56 Å². The van der Waals surface area contributed by atoms with Crippen LogP contribution < -0.4 is 5.32 Å². The molecule has 1 heterocycles. The third-order valence-electron chi connectivity index (χ3n) is 4.38. The van der Waals surface area contributed by atoms with Crippen LogP contribution in [0.4, 0.5) is 0 Å². The lowest BCUT2D eigenvalue weighted by Gasteiger charge is -2.34. The Morgan fingerprint density at radius 1 is 1.48 bits per heavy atom. The molecule has 1 aliphatic rings. The average molecular weight is 292 g/mol. The number of hydrogen-bond donors (Lipinski definition) is 3. The van der Waals surface area contributed by atoms with Gasteiger partial charge in [0.25, 0.3) is 0 Å². The van der Waals surface area contributed by atoms with E-state index in [0.717, 1.165) is 12.1 Å². The van der Waals surface area contributed by atoms with E-state index < -0.39 is 11.6 Å². The number of aryl methyl sites for hydroxylation is 1. The molecule has 0 atom stereocenters. The maximum Gasteiger partial charge on any atom is 0.306 e. The zero-order valence-corrected chi connectivity index (χ0v) is 12.5. The van der Waals surface area contributed by atoms with Gasteiger partial charge >= 0.3 is 5.97 Å². The summed E-state index contributed by atoms with van der Waals surface area (Å²) in [5, 5.41) is 22.8. The minimum atomic E-state index is -0.785. The molecule has 1 aliphatic carbocycles. The van der Waals surface area contributed by atoms with E-state index >= 15 is 0 Å². The molecule has 3 N–H and O–H groups in total. The van der Waals surface area contributed by atoms with Gasteiger partial charge in [-0.25, -0.2) is 0 Å². The van der Waals surface area contributed by atoms with Crippen LogP contribution in [0.15, 0.2) is 18.3 Å². The van der Waals surface area contributed by atoms with Crippen LogP contribution in [0.5, 0.6) is 0 Å². The molecule has 0 aliphatic heterocycles. The molecule has 0 aromatic carbocycles. The summed E-state index contributed by atoms with van der Waals surface area (Å²) in [5.41, 5.74) is 1.45. The topological polar surface area (TPSA) is 82.5 Å². The van der Waals surface area contributed by atoms with Gasteiger partial charge in [0.2, 0.25) is 0 Å². The number of nitrogens with zero attached hydrogens (tertiary/aromatic N) is 1. The van der Waals surface area contributed by atoms with Crippen molar-refractivity contribution in [2.24, 2.45) is 5.92 Å².